The van der Waals surface area contributed by atoms with Crippen molar-refractivity contribution in [3.8, 4) is 0 Å². The van der Waals surface area contributed by atoms with Gasteiger partial charge in [-0.05, 0) is 18.4 Å². The lowest BCUT2D eigenvalue weighted by molar-refractivity contribution is -0.382. The van der Waals surface area contributed by atoms with Crippen LogP contribution >= 0.6 is 23.1 Å². The molecule has 18 heavy (non-hydrogen) atoms. The van der Waals surface area contributed by atoms with Gasteiger partial charge in [-0.3, -0.25) is 10.1 Å². The second-order valence-corrected chi connectivity index (χ2v) is 6.01. The standard InChI is InChI=1S/C11H13N3O2S2/c1-7(17-2)5-12-8-3-4-9-10(13-6-18-9)11(8)14(15)16/h3-4,6-7,12H,5H2,1-2H3. The highest BCUT2D eigenvalue weighted by Crippen LogP contribution is 2.34. The van der Waals surface area contributed by atoms with Crippen molar-refractivity contribution in [2.24, 2.45) is 0 Å². The number of benzene rings is 1. The molecule has 0 saturated carbocycles. The maximum atomic E-state index is 11.2. The SMILES string of the molecule is CSC(C)CNc1ccc2scnc2c1[N+](=O)[O-]. The topological polar surface area (TPSA) is 68.1 Å². The number of nitro benzene ring substituents is 1. The summed E-state index contributed by atoms with van der Waals surface area (Å²) < 4.78 is 0.838. The van der Waals surface area contributed by atoms with E-state index in [1.807, 2.05) is 12.3 Å². The summed E-state index contributed by atoms with van der Waals surface area (Å²) in [4.78, 5) is 14.9. The van der Waals surface area contributed by atoms with Crippen LogP contribution in [0.25, 0.3) is 10.2 Å². The van der Waals surface area contributed by atoms with Crippen molar-refractivity contribution in [1.29, 1.82) is 0 Å². The molecule has 1 atom stereocenters. The summed E-state index contributed by atoms with van der Waals surface area (Å²) in [6.07, 6.45) is 2.02. The molecule has 7 heteroatoms. The minimum absolute atomic E-state index is 0.0713. The smallest absolute Gasteiger partial charge is 0.319 e. The van der Waals surface area contributed by atoms with Crippen LogP contribution in [0.1, 0.15) is 6.92 Å². The van der Waals surface area contributed by atoms with Crippen LogP contribution in [0.3, 0.4) is 0 Å². The number of fused-ring (bicyclic) bond motifs is 1. The molecule has 0 aliphatic rings. The largest absolute Gasteiger partial charge is 0.378 e. The van der Waals surface area contributed by atoms with Crippen molar-refractivity contribution in [3.63, 3.8) is 0 Å². The lowest BCUT2D eigenvalue weighted by atomic mass is 10.2. The molecule has 0 aliphatic carbocycles. The minimum atomic E-state index is -0.367. The zero-order chi connectivity index (χ0) is 13.1. The molecular formula is C11H13N3O2S2. The van der Waals surface area contributed by atoms with E-state index in [0.29, 0.717) is 23.0 Å². The Hall–Kier alpha value is -1.34. The molecule has 1 aromatic heterocycles. The molecule has 5 nitrogen and oxygen atoms in total. The molecule has 1 heterocycles. The highest BCUT2D eigenvalue weighted by molar-refractivity contribution is 7.99. The van der Waals surface area contributed by atoms with Crippen molar-refractivity contribution < 1.29 is 4.92 Å². The van der Waals surface area contributed by atoms with Crippen molar-refractivity contribution in [2.75, 3.05) is 18.1 Å². The Morgan fingerprint density at radius 2 is 2.39 bits per heavy atom. The predicted molar refractivity (Wildman–Crippen MR) is 77.7 cm³/mol. The van der Waals surface area contributed by atoms with Gasteiger partial charge in [0.15, 0.2) is 5.52 Å². The fraction of sp³-hybridized carbons (Fsp3) is 0.364. The second kappa shape index (κ2) is 5.53. The minimum Gasteiger partial charge on any atom is -0.378 e. The van der Waals surface area contributed by atoms with Crippen LogP contribution in [0.5, 0.6) is 0 Å². The molecule has 0 radical (unpaired) electrons. The molecule has 0 aliphatic heterocycles. The summed E-state index contributed by atoms with van der Waals surface area (Å²) in [6.45, 7) is 2.77. The van der Waals surface area contributed by atoms with Crippen molar-refractivity contribution in [3.05, 3.63) is 27.8 Å². The Morgan fingerprint density at radius 1 is 1.61 bits per heavy atom. The van der Waals surface area contributed by atoms with Gasteiger partial charge >= 0.3 is 5.69 Å². The average molecular weight is 283 g/mol. The summed E-state index contributed by atoms with van der Waals surface area (Å²) >= 11 is 3.13. The van der Waals surface area contributed by atoms with Gasteiger partial charge in [0.2, 0.25) is 0 Å². The number of hydrogen-bond acceptors (Lipinski definition) is 6. The zero-order valence-electron chi connectivity index (χ0n) is 10.0. The maximum Gasteiger partial charge on any atom is 0.319 e. The number of nitro groups is 1. The summed E-state index contributed by atoms with van der Waals surface area (Å²) in [7, 11) is 0. The summed E-state index contributed by atoms with van der Waals surface area (Å²) in [5.41, 5.74) is 2.71. The van der Waals surface area contributed by atoms with Crippen LogP contribution in [0.4, 0.5) is 11.4 Å². The number of thiazole rings is 1. The number of rotatable bonds is 5. The number of nitrogens with one attached hydrogen (secondary N) is 1. The van der Waals surface area contributed by atoms with E-state index in [1.54, 1.807) is 23.3 Å². The zero-order valence-corrected chi connectivity index (χ0v) is 11.7. The van der Waals surface area contributed by atoms with Crippen molar-refractivity contribution in [2.45, 2.75) is 12.2 Å². The lowest BCUT2D eigenvalue weighted by Crippen LogP contribution is -2.13. The Kier molecular flexibility index (Phi) is 4.03. The van der Waals surface area contributed by atoms with Gasteiger partial charge in [0.25, 0.3) is 0 Å². The Balaban J connectivity index is 2.37. The van der Waals surface area contributed by atoms with Gasteiger partial charge in [-0.2, -0.15) is 11.8 Å². The van der Waals surface area contributed by atoms with Gasteiger partial charge in [-0.1, -0.05) is 6.92 Å². The quantitative estimate of drug-likeness (QED) is 0.673. The molecule has 0 amide bonds. The van der Waals surface area contributed by atoms with Gasteiger partial charge in [-0.15, -0.1) is 11.3 Å². The number of thioether (sulfide) groups is 1. The van der Waals surface area contributed by atoms with Crippen LogP contribution in [0.15, 0.2) is 17.6 Å². The molecule has 1 unspecified atom stereocenters. The van der Waals surface area contributed by atoms with Crippen molar-refractivity contribution in [1.82, 2.24) is 4.98 Å². The molecule has 2 rings (SSSR count). The molecule has 96 valence electrons. The van der Waals surface area contributed by atoms with E-state index in [4.69, 9.17) is 0 Å². The van der Waals surface area contributed by atoms with Gasteiger partial charge in [0.1, 0.15) is 5.69 Å². The first-order chi connectivity index (χ1) is 8.63. The van der Waals surface area contributed by atoms with Crippen LogP contribution in [-0.2, 0) is 0 Å². The summed E-state index contributed by atoms with van der Waals surface area (Å²) in [5, 5.41) is 14.7. The van der Waals surface area contributed by atoms with E-state index in [2.05, 4.69) is 17.2 Å². The molecule has 1 aromatic carbocycles. The highest BCUT2D eigenvalue weighted by atomic mass is 32.2. The highest BCUT2D eigenvalue weighted by Gasteiger charge is 2.20. The third-order valence-electron chi connectivity index (χ3n) is 2.64. The van der Waals surface area contributed by atoms with Crippen LogP contribution < -0.4 is 5.32 Å². The number of anilines is 1. The predicted octanol–water partition coefficient (Wildman–Crippen LogP) is 3.37. The van der Waals surface area contributed by atoms with Crippen LogP contribution in [-0.4, -0.2) is 28.0 Å². The third kappa shape index (κ3) is 2.56. The fourth-order valence-electron chi connectivity index (χ4n) is 1.58. The molecule has 0 spiro atoms. The Bertz CT molecular complexity index is 570. The van der Waals surface area contributed by atoms with E-state index >= 15 is 0 Å². The van der Waals surface area contributed by atoms with Crippen LogP contribution in [0.2, 0.25) is 0 Å². The van der Waals surface area contributed by atoms with E-state index in [9.17, 15) is 10.1 Å². The van der Waals surface area contributed by atoms with Gasteiger partial charge in [0, 0.05) is 11.8 Å². The maximum absolute atomic E-state index is 11.2. The lowest BCUT2D eigenvalue weighted by Gasteiger charge is -2.11. The average Bonchev–Trinajstić information content (AvgIpc) is 2.82. The van der Waals surface area contributed by atoms with Gasteiger partial charge < -0.3 is 5.32 Å². The first kappa shape index (κ1) is 13.1. The number of hydrogen-bond donors (Lipinski definition) is 1. The van der Waals surface area contributed by atoms with Gasteiger partial charge in [0.05, 0.1) is 15.1 Å². The normalized spacial score (nSPS) is 12.6. The van der Waals surface area contributed by atoms with E-state index in [-0.39, 0.29) is 10.6 Å². The monoisotopic (exact) mass is 283 g/mol. The summed E-state index contributed by atoms with van der Waals surface area (Å²) in [6, 6.07) is 3.62. The number of aromatic nitrogens is 1. The first-order valence-corrected chi connectivity index (χ1v) is 7.57. The van der Waals surface area contributed by atoms with E-state index in [1.165, 1.54) is 11.3 Å². The Morgan fingerprint density at radius 3 is 3.06 bits per heavy atom. The fourth-order valence-corrected chi connectivity index (χ4v) is 2.51. The molecule has 2 aromatic rings. The molecule has 0 fully saturated rings. The third-order valence-corrected chi connectivity index (χ3v) is 4.41. The number of nitrogens with zero attached hydrogens (tertiary/aromatic N) is 2. The molecule has 0 saturated heterocycles. The first-order valence-electron chi connectivity index (χ1n) is 5.40. The van der Waals surface area contributed by atoms with Gasteiger partial charge in [-0.25, -0.2) is 4.98 Å². The molecule has 0 bridgehead atoms. The van der Waals surface area contributed by atoms with E-state index in [0.717, 1.165) is 4.70 Å². The van der Waals surface area contributed by atoms with E-state index < -0.39 is 0 Å². The molecule has 1 N–H and O–H groups in total. The molecular weight excluding hydrogens is 270 g/mol. The second-order valence-electron chi connectivity index (χ2n) is 3.85. The summed E-state index contributed by atoms with van der Waals surface area (Å²) in [5.74, 6) is 0. The van der Waals surface area contributed by atoms with Crippen LogP contribution in [0, 0.1) is 10.1 Å². The van der Waals surface area contributed by atoms with Crippen molar-refractivity contribution >= 4 is 44.7 Å². The Labute approximate surface area is 113 Å².